The van der Waals surface area contributed by atoms with E-state index in [0.29, 0.717) is 0 Å². The van der Waals surface area contributed by atoms with Gasteiger partial charge in [0.1, 0.15) is 0 Å². The van der Waals surface area contributed by atoms with Gasteiger partial charge in [-0.2, -0.15) is 0 Å². The molecule has 1 amide bonds. The van der Waals surface area contributed by atoms with Crippen LogP contribution in [0.3, 0.4) is 0 Å². The minimum Gasteiger partial charge on any atom is -0.351 e. The summed E-state index contributed by atoms with van der Waals surface area (Å²) < 4.78 is 0. The summed E-state index contributed by atoms with van der Waals surface area (Å²) in [6.07, 6.45) is 1.88. The van der Waals surface area contributed by atoms with Gasteiger partial charge >= 0.3 is 0 Å². The molecule has 20 heavy (non-hydrogen) atoms. The maximum Gasteiger partial charge on any atom is 0.226 e. The Balaban J connectivity index is 2.71. The molecule has 0 aromatic rings. The van der Waals surface area contributed by atoms with Crippen molar-refractivity contribution in [2.45, 2.75) is 78.4 Å². The highest BCUT2D eigenvalue weighted by atomic mass is 16.2. The first-order valence-corrected chi connectivity index (χ1v) is 7.67. The van der Waals surface area contributed by atoms with Gasteiger partial charge in [-0.1, -0.05) is 13.8 Å². The van der Waals surface area contributed by atoms with Gasteiger partial charge in [0, 0.05) is 35.6 Å². The molecule has 0 spiro atoms. The van der Waals surface area contributed by atoms with Gasteiger partial charge in [-0.05, 0) is 47.5 Å². The van der Waals surface area contributed by atoms with Gasteiger partial charge in [0.05, 0.1) is 0 Å². The first kappa shape index (κ1) is 17.4. The van der Waals surface area contributed by atoms with Crippen molar-refractivity contribution < 1.29 is 4.79 Å². The van der Waals surface area contributed by atoms with E-state index in [4.69, 9.17) is 5.73 Å². The van der Waals surface area contributed by atoms with Crippen LogP contribution in [0.1, 0.15) is 61.3 Å². The van der Waals surface area contributed by atoms with Gasteiger partial charge < -0.3 is 11.1 Å². The number of rotatable bonds is 4. The van der Waals surface area contributed by atoms with E-state index in [0.717, 1.165) is 25.9 Å². The molecule has 1 atom stereocenters. The van der Waals surface area contributed by atoms with Crippen LogP contribution >= 0.6 is 0 Å². The topological polar surface area (TPSA) is 58.4 Å². The number of amides is 1. The number of nitrogens with one attached hydrogen (secondary N) is 1. The third kappa shape index (κ3) is 4.74. The lowest BCUT2D eigenvalue weighted by molar-refractivity contribution is -0.132. The Hall–Kier alpha value is -0.610. The van der Waals surface area contributed by atoms with Gasteiger partial charge in [0.15, 0.2) is 0 Å². The number of carbonyl (C=O) groups excluding carboxylic acids is 1. The van der Waals surface area contributed by atoms with Crippen molar-refractivity contribution in [2.75, 3.05) is 13.1 Å². The Kier molecular flexibility index (Phi) is 4.92. The Morgan fingerprint density at radius 1 is 1.20 bits per heavy atom. The molecular formula is C16H33N3O. The second kappa shape index (κ2) is 5.64. The van der Waals surface area contributed by atoms with Crippen LogP contribution < -0.4 is 11.1 Å². The molecule has 1 unspecified atom stereocenters. The average Bonchev–Trinajstić information content (AvgIpc) is 2.61. The van der Waals surface area contributed by atoms with Gasteiger partial charge in [-0.25, -0.2) is 0 Å². The molecule has 0 bridgehead atoms. The monoisotopic (exact) mass is 283 g/mol. The quantitative estimate of drug-likeness (QED) is 0.831. The standard InChI is InChI=1S/C16H33N3O/c1-14(2,3)18-13(20)15(4,5)11-16(6,7)19-9-8-12(17)10-19/h12H,8-11,17H2,1-7H3,(H,18,20). The van der Waals surface area contributed by atoms with E-state index in [2.05, 4.69) is 24.1 Å². The number of hydrogen-bond acceptors (Lipinski definition) is 3. The molecule has 118 valence electrons. The molecule has 4 heteroatoms. The number of hydrogen-bond donors (Lipinski definition) is 2. The molecule has 3 N–H and O–H groups in total. The van der Waals surface area contributed by atoms with Crippen molar-refractivity contribution in [1.82, 2.24) is 10.2 Å². The molecule has 0 saturated carbocycles. The molecule has 0 aromatic carbocycles. The predicted molar refractivity (Wildman–Crippen MR) is 84.5 cm³/mol. The van der Waals surface area contributed by atoms with Crippen LogP contribution in [0, 0.1) is 5.41 Å². The Labute approximate surface area is 124 Å². The minimum atomic E-state index is -0.385. The molecule has 1 rings (SSSR count). The third-order valence-electron chi connectivity index (χ3n) is 4.06. The van der Waals surface area contributed by atoms with E-state index in [-0.39, 0.29) is 28.4 Å². The average molecular weight is 283 g/mol. The van der Waals surface area contributed by atoms with Crippen LogP contribution in [0.5, 0.6) is 0 Å². The molecule has 1 aliphatic heterocycles. The lowest BCUT2D eigenvalue weighted by Gasteiger charge is -2.41. The maximum atomic E-state index is 12.5. The Bertz CT molecular complexity index is 355. The second-order valence-electron chi connectivity index (χ2n) is 8.57. The maximum absolute atomic E-state index is 12.5. The molecule has 1 saturated heterocycles. The first-order valence-electron chi connectivity index (χ1n) is 7.67. The largest absolute Gasteiger partial charge is 0.351 e. The summed E-state index contributed by atoms with van der Waals surface area (Å²) in [5, 5.41) is 3.10. The van der Waals surface area contributed by atoms with E-state index in [9.17, 15) is 4.79 Å². The summed E-state index contributed by atoms with van der Waals surface area (Å²) in [5.41, 5.74) is 5.43. The van der Waals surface area contributed by atoms with Gasteiger partial charge in [-0.15, -0.1) is 0 Å². The third-order valence-corrected chi connectivity index (χ3v) is 4.06. The summed E-state index contributed by atoms with van der Waals surface area (Å²) in [6.45, 7) is 16.5. The van der Waals surface area contributed by atoms with Crippen LogP contribution in [0.15, 0.2) is 0 Å². The molecule has 1 heterocycles. The number of nitrogens with two attached hydrogens (primary N) is 1. The van der Waals surface area contributed by atoms with Gasteiger partial charge in [0.2, 0.25) is 5.91 Å². The molecule has 0 aromatic heterocycles. The zero-order valence-electron chi connectivity index (χ0n) is 14.3. The van der Waals surface area contributed by atoms with E-state index in [1.54, 1.807) is 0 Å². The van der Waals surface area contributed by atoms with Crippen LogP contribution in [0.2, 0.25) is 0 Å². The highest BCUT2D eigenvalue weighted by molar-refractivity contribution is 5.82. The van der Waals surface area contributed by atoms with Gasteiger partial charge in [-0.3, -0.25) is 9.69 Å². The highest BCUT2D eigenvalue weighted by Gasteiger charge is 2.40. The van der Waals surface area contributed by atoms with E-state index < -0.39 is 0 Å². The fourth-order valence-electron chi connectivity index (χ4n) is 3.12. The molecule has 0 aliphatic carbocycles. The van der Waals surface area contributed by atoms with Crippen molar-refractivity contribution in [3.05, 3.63) is 0 Å². The highest BCUT2D eigenvalue weighted by Crippen LogP contribution is 2.34. The fourth-order valence-corrected chi connectivity index (χ4v) is 3.12. The van der Waals surface area contributed by atoms with Gasteiger partial charge in [0.25, 0.3) is 0 Å². The summed E-state index contributed by atoms with van der Waals surface area (Å²) in [7, 11) is 0. The molecule has 4 nitrogen and oxygen atoms in total. The predicted octanol–water partition coefficient (Wildman–Crippen LogP) is 2.13. The van der Waals surface area contributed by atoms with Crippen molar-refractivity contribution in [1.29, 1.82) is 0 Å². The van der Waals surface area contributed by atoms with Crippen molar-refractivity contribution in [2.24, 2.45) is 11.1 Å². The number of nitrogens with zero attached hydrogens (tertiary/aromatic N) is 1. The molecule has 0 radical (unpaired) electrons. The smallest absolute Gasteiger partial charge is 0.226 e. The van der Waals surface area contributed by atoms with Crippen LogP contribution in [0.25, 0.3) is 0 Å². The zero-order valence-corrected chi connectivity index (χ0v) is 14.3. The second-order valence-corrected chi connectivity index (χ2v) is 8.57. The molecule has 1 aliphatic rings. The summed E-state index contributed by atoms with van der Waals surface area (Å²) in [6, 6.07) is 0.279. The van der Waals surface area contributed by atoms with Crippen molar-refractivity contribution in [3.8, 4) is 0 Å². The van der Waals surface area contributed by atoms with Crippen LogP contribution in [0.4, 0.5) is 0 Å². The van der Waals surface area contributed by atoms with Crippen LogP contribution in [-0.4, -0.2) is 41.0 Å². The minimum absolute atomic E-state index is 0.00710. The SMILES string of the molecule is CC(C)(C)NC(=O)C(C)(C)CC(C)(C)N1CCC(N)C1. The Morgan fingerprint density at radius 2 is 1.75 bits per heavy atom. The summed E-state index contributed by atoms with van der Waals surface area (Å²) in [4.78, 5) is 14.9. The van der Waals surface area contributed by atoms with E-state index in [1.807, 2.05) is 34.6 Å². The van der Waals surface area contributed by atoms with Crippen molar-refractivity contribution in [3.63, 3.8) is 0 Å². The Morgan fingerprint density at radius 3 is 2.15 bits per heavy atom. The summed E-state index contributed by atoms with van der Waals surface area (Å²) in [5.74, 6) is 0.126. The van der Waals surface area contributed by atoms with E-state index >= 15 is 0 Å². The molecular weight excluding hydrogens is 250 g/mol. The van der Waals surface area contributed by atoms with Crippen molar-refractivity contribution >= 4 is 5.91 Å². The molecule has 1 fully saturated rings. The fraction of sp³-hybridized carbons (Fsp3) is 0.938. The number of likely N-dealkylation sites (tertiary alicyclic amines) is 1. The lowest BCUT2D eigenvalue weighted by Crippen LogP contribution is -2.52. The normalized spacial score (nSPS) is 22.1. The lowest BCUT2D eigenvalue weighted by atomic mass is 9.78. The van der Waals surface area contributed by atoms with E-state index in [1.165, 1.54) is 0 Å². The number of carbonyl (C=O) groups is 1. The zero-order chi connectivity index (χ0) is 15.8. The summed E-state index contributed by atoms with van der Waals surface area (Å²) >= 11 is 0. The first-order chi connectivity index (χ1) is 8.83. The van der Waals surface area contributed by atoms with Crippen LogP contribution in [-0.2, 0) is 4.79 Å².